The molecule has 3 aromatic rings. The number of carbonyl (C=O) groups is 1. The van der Waals surface area contributed by atoms with E-state index in [2.05, 4.69) is 10.2 Å². The Morgan fingerprint density at radius 1 is 0.932 bits per heavy atom. The first-order valence-electron chi connectivity index (χ1n) is 14.7. The molecule has 0 unspecified atom stereocenters. The molecule has 3 aliphatic rings. The fraction of sp³-hybridized carbons (Fsp3) is 0.406. The molecule has 8 nitrogen and oxygen atoms in total. The zero-order valence-corrected chi connectivity index (χ0v) is 24.9. The smallest absolute Gasteiger partial charge is 0.416 e. The molecule has 3 aliphatic heterocycles. The van der Waals surface area contributed by atoms with Crippen molar-refractivity contribution in [2.24, 2.45) is 0 Å². The van der Waals surface area contributed by atoms with Crippen LogP contribution in [0.15, 0.2) is 71.6 Å². The summed E-state index contributed by atoms with van der Waals surface area (Å²) in [6.07, 6.45) is -3.94. The summed E-state index contributed by atoms with van der Waals surface area (Å²) in [5.74, 6) is 0.357. The topological polar surface area (TPSA) is 88.2 Å². The standard InChI is InChI=1S/C32H34F3N3O5S/c33-32(34,35)24-5-3-6-25(19-24)44(40,41)38-12-10-23-4-1-2-7-26(23)29(38)20-31(39)36-28-11-15-43-30-18-22(8-9-27(28)30)21-37-13-16-42-17-14-37/h1-9,18-19,28-29H,10-17,20-21H2,(H,36,39)/t28-,29-/m1/s1. The third kappa shape index (κ3) is 6.49. The van der Waals surface area contributed by atoms with Gasteiger partial charge in [0.05, 0.1) is 42.4 Å². The van der Waals surface area contributed by atoms with E-state index >= 15 is 0 Å². The third-order valence-corrected chi connectivity index (χ3v) is 10.4. The van der Waals surface area contributed by atoms with Gasteiger partial charge in [-0.25, -0.2) is 8.42 Å². The number of ether oxygens (including phenoxy) is 2. The van der Waals surface area contributed by atoms with Gasteiger partial charge in [-0.2, -0.15) is 17.5 Å². The molecule has 0 aromatic heterocycles. The summed E-state index contributed by atoms with van der Waals surface area (Å²) >= 11 is 0. The highest BCUT2D eigenvalue weighted by Gasteiger charge is 2.39. The van der Waals surface area contributed by atoms with Crippen molar-refractivity contribution >= 4 is 15.9 Å². The molecule has 0 bridgehead atoms. The molecule has 3 heterocycles. The number of nitrogens with zero attached hydrogens (tertiary/aromatic N) is 2. The number of alkyl halides is 3. The lowest BCUT2D eigenvalue weighted by atomic mass is 9.92. The lowest BCUT2D eigenvalue weighted by molar-refractivity contribution is -0.137. The molecule has 1 saturated heterocycles. The molecule has 0 spiro atoms. The molecule has 0 radical (unpaired) electrons. The Balaban J connectivity index is 1.22. The van der Waals surface area contributed by atoms with Gasteiger partial charge < -0.3 is 14.8 Å². The fourth-order valence-corrected chi connectivity index (χ4v) is 7.88. The van der Waals surface area contributed by atoms with Gasteiger partial charge in [0.2, 0.25) is 15.9 Å². The molecule has 6 rings (SSSR count). The molecule has 0 saturated carbocycles. The van der Waals surface area contributed by atoms with Crippen LogP contribution >= 0.6 is 0 Å². The van der Waals surface area contributed by atoms with Crippen LogP contribution < -0.4 is 10.1 Å². The first-order valence-corrected chi connectivity index (χ1v) is 16.2. The van der Waals surface area contributed by atoms with Crippen molar-refractivity contribution in [2.75, 3.05) is 39.5 Å². The van der Waals surface area contributed by atoms with Gasteiger partial charge in [0, 0.05) is 44.6 Å². The van der Waals surface area contributed by atoms with E-state index in [1.54, 1.807) is 12.1 Å². The number of benzene rings is 3. The summed E-state index contributed by atoms with van der Waals surface area (Å²) in [7, 11) is -4.36. The van der Waals surface area contributed by atoms with Gasteiger partial charge in [0.1, 0.15) is 5.75 Å². The van der Waals surface area contributed by atoms with Gasteiger partial charge in [0.15, 0.2) is 0 Å². The lowest BCUT2D eigenvalue weighted by Gasteiger charge is -2.36. The van der Waals surface area contributed by atoms with Crippen molar-refractivity contribution < 1.29 is 35.9 Å². The van der Waals surface area contributed by atoms with Crippen molar-refractivity contribution in [2.45, 2.75) is 49.0 Å². The maximum Gasteiger partial charge on any atom is 0.416 e. The van der Waals surface area contributed by atoms with E-state index in [1.165, 1.54) is 4.31 Å². The van der Waals surface area contributed by atoms with Gasteiger partial charge in [-0.05, 0) is 47.4 Å². The highest BCUT2D eigenvalue weighted by Crippen LogP contribution is 2.39. The first-order chi connectivity index (χ1) is 21.1. The Morgan fingerprint density at radius 2 is 1.73 bits per heavy atom. The Bertz CT molecular complexity index is 1630. The predicted molar refractivity (Wildman–Crippen MR) is 156 cm³/mol. The average molecular weight is 630 g/mol. The number of nitrogens with one attached hydrogen (secondary N) is 1. The molecule has 1 N–H and O–H groups in total. The Kier molecular flexibility index (Phi) is 8.69. The maximum atomic E-state index is 13.8. The fourth-order valence-electron chi connectivity index (χ4n) is 6.22. The molecule has 0 aliphatic carbocycles. The molecular weight excluding hydrogens is 595 g/mol. The molecule has 3 aromatic carbocycles. The van der Waals surface area contributed by atoms with Gasteiger partial charge in [-0.3, -0.25) is 9.69 Å². The second-order valence-corrected chi connectivity index (χ2v) is 13.2. The van der Waals surface area contributed by atoms with E-state index in [-0.39, 0.29) is 24.9 Å². The van der Waals surface area contributed by atoms with Crippen LogP contribution in [0.25, 0.3) is 0 Å². The average Bonchev–Trinajstić information content (AvgIpc) is 3.01. The minimum atomic E-state index is -4.69. The summed E-state index contributed by atoms with van der Waals surface area (Å²) in [6, 6.07) is 15.8. The monoisotopic (exact) mass is 629 g/mol. The number of halogens is 3. The van der Waals surface area contributed by atoms with Gasteiger partial charge in [-0.1, -0.05) is 42.5 Å². The minimum Gasteiger partial charge on any atom is -0.493 e. The van der Waals surface area contributed by atoms with E-state index in [0.717, 1.165) is 54.5 Å². The SMILES string of the molecule is O=C(C[C@@H]1c2ccccc2CCN1S(=O)(=O)c1cccc(C(F)(F)F)c1)N[C@@H]1CCOc2cc(CN3CCOCC3)ccc21. The van der Waals surface area contributed by atoms with Crippen molar-refractivity contribution in [3.63, 3.8) is 0 Å². The van der Waals surface area contributed by atoms with E-state index in [9.17, 15) is 26.4 Å². The molecular formula is C32H34F3N3O5S. The molecule has 1 fully saturated rings. The quantitative estimate of drug-likeness (QED) is 0.402. The second kappa shape index (κ2) is 12.5. The van der Waals surface area contributed by atoms with Crippen molar-refractivity contribution in [1.82, 2.24) is 14.5 Å². The van der Waals surface area contributed by atoms with Crippen molar-refractivity contribution in [3.8, 4) is 5.75 Å². The van der Waals surface area contributed by atoms with Crippen molar-refractivity contribution in [3.05, 3.63) is 94.5 Å². The predicted octanol–water partition coefficient (Wildman–Crippen LogP) is 4.86. The lowest BCUT2D eigenvalue weighted by Crippen LogP contribution is -2.43. The molecule has 2 atom stereocenters. The zero-order valence-electron chi connectivity index (χ0n) is 24.1. The number of sulfonamides is 1. The maximum absolute atomic E-state index is 13.8. The van der Waals surface area contributed by atoms with E-state index in [0.29, 0.717) is 50.0 Å². The number of hydrogen-bond acceptors (Lipinski definition) is 6. The Morgan fingerprint density at radius 3 is 2.52 bits per heavy atom. The number of rotatable bonds is 7. The number of carbonyl (C=O) groups excluding carboxylic acids is 1. The number of hydrogen-bond donors (Lipinski definition) is 1. The number of fused-ring (bicyclic) bond motifs is 2. The summed E-state index contributed by atoms with van der Waals surface area (Å²) in [5, 5.41) is 3.08. The van der Waals surface area contributed by atoms with Crippen LogP contribution in [-0.2, 0) is 38.7 Å². The highest BCUT2D eigenvalue weighted by atomic mass is 32.2. The minimum absolute atomic E-state index is 0.0412. The first kappa shape index (κ1) is 30.6. The summed E-state index contributed by atoms with van der Waals surface area (Å²) in [6.45, 7) is 4.37. The summed E-state index contributed by atoms with van der Waals surface area (Å²) in [4.78, 5) is 15.4. The Labute approximate surface area is 254 Å². The molecule has 44 heavy (non-hydrogen) atoms. The van der Waals surface area contributed by atoms with E-state index < -0.39 is 32.7 Å². The Hall–Kier alpha value is -3.45. The van der Waals surface area contributed by atoms with Crippen LogP contribution in [0.3, 0.4) is 0 Å². The van der Waals surface area contributed by atoms with Crippen molar-refractivity contribution in [1.29, 1.82) is 0 Å². The highest BCUT2D eigenvalue weighted by molar-refractivity contribution is 7.89. The molecule has 234 valence electrons. The van der Waals surface area contributed by atoms with E-state index in [1.807, 2.05) is 30.3 Å². The van der Waals surface area contributed by atoms with Crippen LogP contribution in [0.4, 0.5) is 13.2 Å². The van der Waals surface area contributed by atoms with Crippen LogP contribution in [0, 0.1) is 0 Å². The van der Waals surface area contributed by atoms with Crippen LogP contribution in [-0.4, -0.2) is 63.0 Å². The van der Waals surface area contributed by atoms with Gasteiger partial charge >= 0.3 is 6.18 Å². The van der Waals surface area contributed by atoms with Gasteiger partial charge in [-0.15, -0.1) is 0 Å². The zero-order chi connectivity index (χ0) is 30.9. The number of amides is 1. The normalized spacial score (nSPS) is 21.2. The van der Waals surface area contributed by atoms with Gasteiger partial charge in [0.25, 0.3) is 0 Å². The summed E-state index contributed by atoms with van der Waals surface area (Å²) in [5.41, 5.74) is 2.49. The molecule has 1 amide bonds. The van der Waals surface area contributed by atoms with E-state index in [4.69, 9.17) is 9.47 Å². The number of morpholine rings is 1. The van der Waals surface area contributed by atoms with Crippen LogP contribution in [0.1, 0.15) is 52.7 Å². The van der Waals surface area contributed by atoms with Crippen LogP contribution in [0.5, 0.6) is 5.75 Å². The largest absolute Gasteiger partial charge is 0.493 e. The molecule has 12 heteroatoms. The second-order valence-electron chi connectivity index (χ2n) is 11.3. The summed E-state index contributed by atoms with van der Waals surface area (Å²) < 4.78 is 80.4. The third-order valence-electron chi connectivity index (χ3n) is 8.47. The van der Waals surface area contributed by atoms with Crippen LogP contribution in [0.2, 0.25) is 0 Å².